The molecule has 4 aromatic rings. The van der Waals surface area contributed by atoms with E-state index in [0.717, 1.165) is 35.6 Å². The van der Waals surface area contributed by atoms with Crippen LogP contribution in [0.1, 0.15) is 23.6 Å². The van der Waals surface area contributed by atoms with Gasteiger partial charge < -0.3 is 19.8 Å². The third-order valence-corrected chi connectivity index (χ3v) is 5.90. The van der Waals surface area contributed by atoms with Gasteiger partial charge in [-0.1, -0.05) is 59.6 Å². The van der Waals surface area contributed by atoms with Crippen molar-refractivity contribution < 1.29 is 9.47 Å². The molecule has 2 N–H and O–H groups in total. The number of aromatic amines is 1. The Balaban J connectivity index is 0.00000306. The molecule has 1 aromatic heterocycles. The molecule has 0 aliphatic carbocycles. The van der Waals surface area contributed by atoms with Crippen molar-refractivity contribution >= 4 is 46.5 Å². The average molecular weight is 506 g/mol. The second-order valence-corrected chi connectivity index (χ2v) is 8.33. The standard InChI is InChI=1S/C26H26Cl2N2O2.ClH/c1-2-31-25-9-5-6-19(26(25)32-17-20-10-11-21(27)14-23(20)28)15-29-13-12-18-16-30-24-8-4-3-7-22(18)24;/h3-11,14,16,29-30H,2,12-13,15,17H2,1H3;1H. The largest absolute Gasteiger partial charge is 0.490 e. The Labute approximate surface area is 210 Å². The lowest BCUT2D eigenvalue weighted by Crippen LogP contribution is -2.17. The zero-order valence-electron chi connectivity index (χ0n) is 18.4. The van der Waals surface area contributed by atoms with Crippen LogP contribution < -0.4 is 14.8 Å². The van der Waals surface area contributed by atoms with Gasteiger partial charge >= 0.3 is 0 Å². The summed E-state index contributed by atoms with van der Waals surface area (Å²) >= 11 is 12.3. The van der Waals surface area contributed by atoms with Gasteiger partial charge in [0.1, 0.15) is 6.61 Å². The number of hydrogen-bond acceptors (Lipinski definition) is 3. The average Bonchev–Trinajstić information content (AvgIpc) is 3.20. The maximum Gasteiger partial charge on any atom is 0.166 e. The highest BCUT2D eigenvalue weighted by Crippen LogP contribution is 2.33. The van der Waals surface area contributed by atoms with Gasteiger partial charge in [0.25, 0.3) is 0 Å². The van der Waals surface area contributed by atoms with Crippen LogP contribution in [0, 0.1) is 0 Å². The topological polar surface area (TPSA) is 46.3 Å². The van der Waals surface area contributed by atoms with Gasteiger partial charge in [-0.3, -0.25) is 0 Å². The van der Waals surface area contributed by atoms with Crippen molar-refractivity contribution in [3.8, 4) is 11.5 Å². The van der Waals surface area contributed by atoms with E-state index in [2.05, 4.69) is 40.8 Å². The number of rotatable bonds is 10. The zero-order chi connectivity index (χ0) is 22.3. The number of benzene rings is 3. The Morgan fingerprint density at radius 1 is 0.909 bits per heavy atom. The number of aromatic nitrogens is 1. The van der Waals surface area contributed by atoms with E-state index in [1.54, 1.807) is 6.07 Å². The molecule has 0 aliphatic heterocycles. The second kappa shape index (κ2) is 12.2. The lowest BCUT2D eigenvalue weighted by molar-refractivity contribution is 0.266. The lowest BCUT2D eigenvalue weighted by atomic mass is 10.1. The molecule has 0 radical (unpaired) electrons. The predicted octanol–water partition coefficient (Wildman–Crippen LogP) is 7.21. The molecule has 33 heavy (non-hydrogen) atoms. The minimum absolute atomic E-state index is 0. The number of halogens is 3. The normalized spacial score (nSPS) is 10.8. The lowest BCUT2D eigenvalue weighted by Gasteiger charge is -2.17. The van der Waals surface area contributed by atoms with Crippen LogP contribution in [0.2, 0.25) is 10.0 Å². The van der Waals surface area contributed by atoms with E-state index in [1.165, 1.54) is 16.5 Å². The van der Waals surface area contributed by atoms with Gasteiger partial charge in [0.05, 0.1) is 6.61 Å². The fourth-order valence-corrected chi connectivity index (χ4v) is 4.17. The number of para-hydroxylation sites is 2. The summed E-state index contributed by atoms with van der Waals surface area (Å²) in [5, 5.41) is 6.01. The molecule has 0 saturated heterocycles. The molecule has 0 aliphatic rings. The van der Waals surface area contributed by atoms with E-state index in [1.807, 2.05) is 37.3 Å². The molecule has 4 rings (SSSR count). The molecule has 7 heteroatoms. The fraction of sp³-hybridized carbons (Fsp3) is 0.231. The summed E-state index contributed by atoms with van der Waals surface area (Å²) in [4.78, 5) is 3.33. The third-order valence-electron chi connectivity index (χ3n) is 5.31. The maximum atomic E-state index is 6.32. The van der Waals surface area contributed by atoms with Crippen molar-refractivity contribution in [2.24, 2.45) is 0 Å². The summed E-state index contributed by atoms with van der Waals surface area (Å²) in [5.41, 5.74) is 4.40. The van der Waals surface area contributed by atoms with Crippen molar-refractivity contribution in [1.29, 1.82) is 0 Å². The monoisotopic (exact) mass is 504 g/mol. The summed E-state index contributed by atoms with van der Waals surface area (Å²) in [6.07, 6.45) is 3.03. The van der Waals surface area contributed by atoms with Gasteiger partial charge in [0, 0.05) is 44.8 Å². The minimum atomic E-state index is 0. The fourth-order valence-electron chi connectivity index (χ4n) is 3.71. The zero-order valence-corrected chi connectivity index (χ0v) is 20.7. The molecule has 1 heterocycles. The van der Waals surface area contributed by atoms with Gasteiger partial charge in [-0.05, 0) is 49.7 Å². The summed E-state index contributed by atoms with van der Waals surface area (Å²) in [7, 11) is 0. The van der Waals surface area contributed by atoms with E-state index >= 15 is 0 Å². The van der Waals surface area contributed by atoms with Gasteiger partial charge in [0.15, 0.2) is 11.5 Å². The van der Waals surface area contributed by atoms with Crippen LogP contribution in [0.4, 0.5) is 0 Å². The quantitative estimate of drug-likeness (QED) is 0.224. The van der Waals surface area contributed by atoms with E-state index in [4.69, 9.17) is 32.7 Å². The number of hydrogen-bond donors (Lipinski definition) is 2. The van der Waals surface area contributed by atoms with Gasteiger partial charge in [-0.25, -0.2) is 0 Å². The smallest absolute Gasteiger partial charge is 0.166 e. The van der Waals surface area contributed by atoms with Crippen LogP contribution >= 0.6 is 35.6 Å². The summed E-state index contributed by atoms with van der Waals surface area (Å²) in [5.74, 6) is 1.47. The SMILES string of the molecule is CCOc1cccc(CNCCc2c[nH]c3ccccc23)c1OCc1ccc(Cl)cc1Cl.Cl. The highest BCUT2D eigenvalue weighted by molar-refractivity contribution is 6.35. The molecule has 0 saturated carbocycles. The molecule has 0 bridgehead atoms. The molecule has 0 unspecified atom stereocenters. The van der Waals surface area contributed by atoms with Crippen LogP contribution in [-0.2, 0) is 19.6 Å². The number of nitrogens with one attached hydrogen (secondary N) is 2. The summed E-state index contributed by atoms with van der Waals surface area (Å²) < 4.78 is 12.0. The summed E-state index contributed by atoms with van der Waals surface area (Å²) in [6, 6.07) is 19.8. The van der Waals surface area contributed by atoms with E-state index in [-0.39, 0.29) is 12.4 Å². The minimum Gasteiger partial charge on any atom is -0.490 e. The Bertz CT molecular complexity index is 1190. The first-order chi connectivity index (χ1) is 15.7. The van der Waals surface area contributed by atoms with Crippen molar-refractivity contribution in [1.82, 2.24) is 10.3 Å². The molecule has 3 aromatic carbocycles. The number of ether oxygens (including phenoxy) is 2. The van der Waals surface area contributed by atoms with Crippen molar-refractivity contribution in [3.63, 3.8) is 0 Å². The highest BCUT2D eigenvalue weighted by Gasteiger charge is 2.13. The molecule has 0 fully saturated rings. The van der Waals surface area contributed by atoms with Crippen LogP contribution in [0.3, 0.4) is 0 Å². The Hall–Kier alpha value is -2.37. The van der Waals surface area contributed by atoms with Crippen LogP contribution in [-0.4, -0.2) is 18.1 Å². The van der Waals surface area contributed by atoms with Crippen molar-refractivity contribution in [3.05, 3.63) is 93.6 Å². The number of H-pyrrole nitrogens is 1. The first-order valence-corrected chi connectivity index (χ1v) is 11.5. The Kier molecular flexibility index (Phi) is 9.33. The number of fused-ring (bicyclic) bond motifs is 1. The van der Waals surface area contributed by atoms with E-state index in [9.17, 15) is 0 Å². The maximum absolute atomic E-state index is 6.32. The molecule has 0 spiro atoms. The van der Waals surface area contributed by atoms with Crippen LogP contribution in [0.15, 0.2) is 66.9 Å². The van der Waals surface area contributed by atoms with Crippen LogP contribution in [0.5, 0.6) is 11.5 Å². The molecular weight excluding hydrogens is 479 g/mol. The molecule has 174 valence electrons. The molecule has 0 amide bonds. The third kappa shape index (κ3) is 6.36. The van der Waals surface area contributed by atoms with E-state index < -0.39 is 0 Å². The van der Waals surface area contributed by atoms with E-state index in [0.29, 0.717) is 29.8 Å². The van der Waals surface area contributed by atoms with Gasteiger partial charge in [-0.2, -0.15) is 0 Å². The van der Waals surface area contributed by atoms with Crippen molar-refractivity contribution in [2.45, 2.75) is 26.5 Å². The molecule has 4 nitrogen and oxygen atoms in total. The summed E-state index contributed by atoms with van der Waals surface area (Å²) in [6.45, 7) is 4.39. The first-order valence-electron chi connectivity index (χ1n) is 10.7. The van der Waals surface area contributed by atoms with Gasteiger partial charge in [0.2, 0.25) is 0 Å². The molecular formula is C26H27Cl3N2O2. The molecule has 0 atom stereocenters. The highest BCUT2D eigenvalue weighted by atomic mass is 35.5. The van der Waals surface area contributed by atoms with Crippen molar-refractivity contribution in [2.75, 3.05) is 13.2 Å². The van der Waals surface area contributed by atoms with Gasteiger partial charge in [-0.15, -0.1) is 12.4 Å². The predicted molar refractivity (Wildman–Crippen MR) is 139 cm³/mol. The Morgan fingerprint density at radius 3 is 2.58 bits per heavy atom. The second-order valence-electron chi connectivity index (χ2n) is 7.49. The Morgan fingerprint density at radius 2 is 1.76 bits per heavy atom. The van der Waals surface area contributed by atoms with Crippen LogP contribution in [0.25, 0.3) is 10.9 Å². The first kappa shape index (κ1) is 25.3.